The maximum Gasteiger partial charge on any atom is 0.225 e. The highest BCUT2D eigenvalue weighted by molar-refractivity contribution is 5.75. The van der Waals surface area contributed by atoms with E-state index in [0.29, 0.717) is 37.6 Å². The quantitative estimate of drug-likeness (QED) is 0.769. The van der Waals surface area contributed by atoms with E-state index in [0.717, 1.165) is 6.42 Å². The van der Waals surface area contributed by atoms with Gasteiger partial charge in [0.15, 0.2) is 11.5 Å². The van der Waals surface area contributed by atoms with Crippen LogP contribution in [-0.4, -0.2) is 44.7 Å². The Balaban J connectivity index is 2.35. The number of para-hydroxylation sites is 2. The Bertz CT molecular complexity index is 396. The minimum atomic E-state index is 0.0587. The van der Waals surface area contributed by atoms with Crippen molar-refractivity contribution in [3.05, 3.63) is 24.3 Å². The van der Waals surface area contributed by atoms with E-state index in [-0.39, 0.29) is 5.91 Å². The largest absolute Gasteiger partial charge is 0.493 e. The lowest BCUT2D eigenvalue weighted by atomic mass is 10.3. The molecule has 0 atom stereocenters. The number of nitrogens with zero attached hydrogens (tertiary/aromatic N) is 1. The summed E-state index contributed by atoms with van der Waals surface area (Å²) in [6, 6.07) is 7.39. The lowest BCUT2D eigenvalue weighted by Gasteiger charge is -2.17. The minimum absolute atomic E-state index is 0.0587. The fraction of sp³-hybridized carbons (Fsp3) is 0.500. The molecule has 0 saturated carbocycles. The zero-order chi connectivity index (χ0) is 14.1. The molecule has 2 N–H and O–H groups in total. The molecule has 0 fully saturated rings. The molecule has 0 spiro atoms. The van der Waals surface area contributed by atoms with Crippen LogP contribution in [-0.2, 0) is 4.79 Å². The zero-order valence-electron chi connectivity index (χ0n) is 11.6. The summed E-state index contributed by atoms with van der Waals surface area (Å²) < 4.78 is 10.7. The molecule has 0 radical (unpaired) electrons. The summed E-state index contributed by atoms with van der Waals surface area (Å²) in [4.78, 5) is 13.4. The fourth-order valence-electron chi connectivity index (χ4n) is 1.63. The lowest BCUT2D eigenvalue weighted by molar-refractivity contribution is -0.130. The van der Waals surface area contributed by atoms with E-state index >= 15 is 0 Å². The number of rotatable bonds is 8. The summed E-state index contributed by atoms with van der Waals surface area (Å²) in [5.74, 6) is 1.39. The third-order valence-electron chi connectivity index (χ3n) is 2.77. The van der Waals surface area contributed by atoms with Crippen molar-refractivity contribution < 1.29 is 14.3 Å². The van der Waals surface area contributed by atoms with Gasteiger partial charge >= 0.3 is 0 Å². The molecule has 106 valence electrons. The Morgan fingerprint density at radius 1 is 1.32 bits per heavy atom. The number of ether oxygens (including phenoxy) is 2. The molecule has 0 aliphatic carbocycles. The predicted molar refractivity (Wildman–Crippen MR) is 74.4 cm³/mol. The smallest absolute Gasteiger partial charge is 0.225 e. The van der Waals surface area contributed by atoms with Crippen molar-refractivity contribution in [2.75, 3.05) is 33.9 Å². The predicted octanol–water partition coefficient (Wildman–Crippen LogP) is 1.27. The first kappa shape index (κ1) is 15.3. The SMILES string of the molecule is COc1ccccc1OCCC(=O)N(C)CCCN. The average Bonchev–Trinajstić information content (AvgIpc) is 2.45. The number of amides is 1. The van der Waals surface area contributed by atoms with Gasteiger partial charge in [0.1, 0.15) is 0 Å². The summed E-state index contributed by atoms with van der Waals surface area (Å²) in [7, 11) is 3.37. The lowest BCUT2D eigenvalue weighted by Crippen LogP contribution is -2.30. The van der Waals surface area contributed by atoms with Crippen molar-refractivity contribution in [2.45, 2.75) is 12.8 Å². The van der Waals surface area contributed by atoms with Gasteiger partial charge in [0.05, 0.1) is 20.1 Å². The van der Waals surface area contributed by atoms with E-state index in [1.54, 1.807) is 19.1 Å². The molecule has 19 heavy (non-hydrogen) atoms. The maximum atomic E-state index is 11.8. The summed E-state index contributed by atoms with van der Waals surface area (Å²) in [6.07, 6.45) is 1.16. The van der Waals surface area contributed by atoms with Crippen molar-refractivity contribution in [1.82, 2.24) is 4.90 Å². The molecule has 0 aliphatic rings. The number of benzene rings is 1. The average molecular weight is 266 g/mol. The molecule has 5 heteroatoms. The van der Waals surface area contributed by atoms with Crippen LogP contribution in [0.2, 0.25) is 0 Å². The number of carbonyl (C=O) groups excluding carboxylic acids is 1. The second-order valence-electron chi connectivity index (χ2n) is 4.21. The maximum absolute atomic E-state index is 11.8. The first-order chi connectivity index (χ1) is 9.19. The summed E-state index contributed by atoms with van der Waals surface area (Å²) in [5, 5.41) is 0. The Morgan fingerprint density at radius 3 is 2.63 bits per heavy atom. The molecule has 1 aromatic rings. The van der Waals surface area contributed by atoms with E-state index in [1.165, 1.54) is 0 Å². The molecule has 0 bridgehead atoms. The number of carbonyl (C=O) groups is 1. The first-order valence-electron chi connectivity index (χ1n) is 6.39. The number of hydrogen-bond acceptors (Lipinski definition) is 4. The van der Waals surface area contributed by atoms with Crippen LogP contribution in [0.5, 0.6) is 11.5 Å². The molecule has 0 aromatic heterocycles. The molecular weight excluding hydrogens is 244 g/mol. The molecule has 0 unspecified atom stereocenters. The zero-order valence-corrected chi connectivity index (χ0v) is 11.6. The van der Waals surface area contributed by atoms with Crippen LogP contribution in [0.4, 0.5) is 0 Å². The van der Waals surface area contributed by atoms with Crippen molar-refractivity contribution in [2.24, 2.45) is 5.73 Å². The van der Waals surface area contributed by atoms with Crippen molar-refractivity contribution in [3.63, 3.8) is 0 Å². The Kier molecular flexibility index (Phi) is 6.74. The van der Waals surface area contributed by atoms with Crippen LogP contribution in [0.3, 0.4) is 0 Å². The second-order valence-corrected chi connectivity index (χ2v) is 4.21. The summed E-state index contributed by atoms with van der Waals surface area (Å²) in [6.45, 7) is 1.62. The van der Waals surface area contributed by atoms with Gasteiger partial charge in [-0.3, -0.25) is 4.79 Å². The van der Waals surface area contributed by atoms with Gasteiger partial charge in [-0.25, -0.2) is 0 Å². The molecule has 1 rings (SSSR count). The van der Waals surface area contributed by atoms with Gasteiger partial charge in [0.2, 0.25) is 5.91 Å². The molecule has 0 heterocycles. The van der Waals surface area contributed by atoms with Crippen molar-refractivity contribution in [1.29, 1.82) is 0 Å². The van der Waals surface area contributed by atoms with Crippen LogP contribution >= 0.6 is 0 Å². The Labute approximate surface area is 114 Å². The third kappa shape index (κ3) is 5.18. The molecule has 5 nitrogen and oxygen atoms in total. The van der Waals surface area contributed by atoms with Crippen LogP contribution in [0.25, 0.3) is 0 Å². The van der Waals surface area contributed by atoms with Gasteiger partial charge in [-0.15, -0.1) is 0 Å². The van der Waals surface area contributed by atoms with Gasteiger partial charge in [-0.2, -0.15) is 0 Å². The van der Waals surface area contributed by atoms with E-state index in [2.05, 4.69) is 0 Å². The van der Waals surface area contributed by atoms with E-state index in [4.69, 9.17) is 15.2 Å². The molecule has 1 aromatic carbocycles. The molecule has 0 aliphatic heterocycles. The number of methoxy groups -OCH3 is 1. The molecule has 0 saturated heterocycles. The van der Waals surface area contributed by atoms with Gasteiger partial charge in [-0.05, 0) is 25.1 Å². The van der Waals surface area contributed by atoms with E-state index in [1.807, 2.05) is 24.3 Å². The number of nitrogens with two attached hydrogens (primary N) is 1. The fourth-order valence-corrected chi connectivity index (χ4v) is 1.63. The Hall–Kier alpha value is -1.75. The first-order valence-corrected chi connectivity index (χ1v) is 6.39. The monoisotopic (exact) mass is 266 g/mol. The van der Waals surface area contributed by atoms with Crippen LogP contribution in [0.15, 0.2) is 24.3 Å². The highest BCUT2D eigenvalue weighted by Crippen LogP contribution is 2.25. The van der Waals surface area contributed by atoms with E-state index in [9.17, 15) is 4.79 Å². The summed E-state index contributed by atoms with van der Waals surface area (Å²) in [5.41, 5.74) is 5.41. The minimum Gasteiger partial charge on any atom is -0.493 e. The topological polar surface area (TPSA) is 64.8 Å². The highest BCUT2D eigenvalue weighted by Gasteiger charge is 2.09. The van der Waals surface area contributed by atoms with Crippen molar-refractivity contribution >= 4 is 5.91 Å². The van der Waals surface area contributed by atoms with Gasteiger partial charge in [0.25, 0.3) is 0 Å². The van der Waals surface area contributed by atoms with Crippen LogP contribution in [0.1, 0.15) is 12.8 Å². The summed E-state index contributed by atoms with van der Waals surface area (Å²) >= 11 is 0. The van der Waals surface area contributed by atoms with Gasteiger partial charge < -0.3 is 20.1 Å². The van der Waals surface area contributed by atoms with Crippen molar-refractivity contribution in [3.8, 4) is 11.5 Å². The normalized spacial score (nSPS) is 10.1. The second kappa shape index (κ2) is 8.37. The molecular formula is C14H22N2O3. The van der Waals surface area contributed by atoms with E-state index < -0.39 is 0 Å². The van der Waals surface area contributed by atoms with Crippen LogP contribution < -0.4 is 15.2 Å². The molecule has 1 amide bonds. The van der Waals surface area contributed by atoms with Gasteiger partial charge in [-0.1, -0.05) is 12.1 Å². The third-order valence-corrected chi connectivity index (χ3v) is 2.77. The Morgan fingerprint density at radius 2 is 2.00 bits per heavy atom. The van der Waals surface area contributed by atoms with Crippen LogP contribution in [0, 0.1) is 0 Å². The highest BCUT2D eigenvalue weighted by atomic mass is 16.5. The van der Waals surface area contributed by atoms with Gasteiger partial charge in [0, 0.05) is 13.6 Å². The number of hydrogen-bond donors (Lipinski definition) is 1. The standard InChI is InChI=1S/C14H22N2O3/c1-16(10-5-9-15)14(17)8-11-19-13-7-4-3-6-12(13)18-2/h3-4,6-7H,5,8-11,15H2,1-2H3.